The number of nitrogens with zero attached hydrogens (tertiary/aromatic N) is 4. The van der Waals surface area contributed by atoms with Crippen molar-refractivity contribution in [3.63, 3.8) is 0 Å². The molecular weight excluding hydrogens is 284 g/mol. The van der Waals surface area contributed by atoms with Crippen LogP contribution in [0.1, 0.15) is 20.8 Å². The highest BCUT2D eigenvalue weighted by atomic mass is 32.2. The van der Waals surface area contributed by atoms with Crippen molar-refractivity contribution in [3.05, 3.63) is 11.5 Å². The Kier molecular flexibility index (Phi) is 4.39. The highest BCUT2D eigenvalue weighted by Gasteiger charge is 2.43. The van der Waals surface area contributed by atoms with Gasteiger partial charge in [0, 0.05) is 0 Å². The average Bonchev–Trinajstić information content (AvgIpc) is 2.75. The van der Waals surface area contributed by atoms with Crippen LogP contribution in [0.15, 0.2) is 10.7 Å². The zero-order valence-electron chi connectivity index (χ0n) is 11.7. The number of rotatable bonds is 3. The summed E-state index contributed by atoms with van der Waals surface area (Å²) in [5.41, 5.74) is -0.314. The van der Waals surface area contributed by atoms with Crippen LogP contribution in [-0.2, 0) is 15.9 Å². The third kappa shape index (κ3) is 3.34. The first-order valence-corrected chi connectivity index (χ1v) is 7.81. The summed E-state index contributed by atoms with van der Waals surface area (Å²) in [4.78, 5) is 12.7. The van der Waals surface area contributed by atoms with Crippen LogP contribution >= 0.6 is 0 Å². The van der Waals surface area contributed by atoms with Gasteiger partial charge in [0.05, 0.1) is 11.4 Å². The van der Waals surface area contributed by atoms with Crippen LogP contribution in [0.5, 0.6) is 0 Å². The lowest BCUT2D eigenvalue weighted by molar-refractivity contribution is -0.764. The first-order chi connectivity index (χ1) is 9.42. The van der Waals surface area contributed by atoms with Crippen LogP contribution in [0.25, 0.3) is 5.32 Å². The number of carbonyl (C=O) groups excluding carboxylic acids is 1. The van der Waals surface area contributed by atoms with Gasteiger partial charge in [0.15, 0.2) is 0 Å². The third-order valence-electron chi connectivity index (χ3n) is 2.90. The molecule has 8 nitrogen and oxygen atoms in total. The molecule has 0 saturated carbocycles. The predicted octanol–water partition coefficient (Wildman–Crippen LogP) is 0.603. The van der Waals surface area contributed by atoms with E-state index >= 15 is 0 Å². The van der Waals surface area contributed by atoms with Gasteiger partial charge in [0.2, 0.25) is 11.4 Å². The van der Waals surface area contributed by atoms with Crippen LogP contribution in [0.3, 0.4) is 0 Å². The van der Waals surface area contributed by atoms with E-state index in [1.165, 1.54) is 11.0 Å². The molecule has 1 aromatic rings. The lowest BCUT2D eigenvalue weighted by atomic mass is 10.1. The zero-order chi connectivity index (χ0) is 14.8. The van der Waals surface area contributed by atoms with E-state index in [0.29, 0.717) is 18.1 Å². The van der Waals surface area contributed by atoms with E-state index in [9.17, 15) is 9.35 Å². The quantitative estimate of drug-likeness (QED) is 0.599. The lowest BCUT2D eigenvalue weighted by Gasteiger charge is -2.35. The topological polar surface area (TPSA) is 96.6 Å². The van der Waals surface area contributed by atoms with Crippen molar-refractivity contribution in [2.75, 3.05) is 29.7 Å². The smallest absolute Gasteiger partial charge is 0.257 e. The monoisotopic (exact) mass is 302 g/mol. The molecule has 112 valence electrons. The number of hydrogen-bond acceptors (Lipinski definition) is 6. The van der Waals surface area contributed by atoms with Crippen LogP contribution in [0, 0.1) is 0 Å². The van der Waals surface area contributed by atoms with E-state index in [2.05, 4.69) is 10.6 Å². The molecule has 20 heavy (non-hydrogen) atoms. The summed E-state index contributed by atoms with van der Waals surface area (Å²) in [6, 6.07) is 0. The van der Waals surface area contributed by atoms with E-state index in [1.54, 1.807) is 6.92 Å². The van der Waals surface area contributed by atoms with Gasteiger partial charge in [0.25, 0.3) is 6.20 Å². The van der Waals surface area contributed by atoms with Gasteiger partial charge in [-0.2, -0.15) is 0 Å². The van der Waals surface area contributed by atoms with Gasteiger partial charge in [-0.3, -0.25) is 4.79 Å². The van der Waals surface area contributed by atoms with E-state index in [-0.39, 0.29) is 18.0 Å². The molecule has 1 saturated heterocycles. The summed E-state index contributed by atoms with van der Waals surface area (Å²) in [7, 11) is 0. The molecule has 0 spiro atoms. The minimum absolute atomic E-state index is 0.0749. The summed E-state index contributed by atoms with van der Waals surface area (Å²) < 4.78 is 21.3. The maximum atomic E-state index is 11.6. The van der Waals surface area contributed by atoms with Gasteiger partial charge in [-0.05, 0) is 31.9 Å². The molecule has 1 atom stereocenters. The Morgan fingerprint density at radius 2 is 2.50 bits per heavy atom. The fourth-order valence-electron chi connectivity index (χ4n) is 2.05. The molecule has 0 bridgehead atoms. The molecule has 0 aliphatic carbocycles. The van der Waals surface area contributed by atoms with Crippen molar-refractivity contribution in [2.24, 2.45) is 0 Å². The van der Waals surface area contributed by atoms with Crippen LogP contribution in [0.2, 0.25) is 0 Å². The Bertz CT molecular complexity index is 479. The number of carbonyl (C=O) groups is 1. The van der Waals surface area contributed by atoms with Crippen LogP contribution in [0.4, 0.5) is 10.7 Å². The average molecular weight is 302 g/mol. The molecule has 1 aromatic heterocycles. The molecular formula is C11H18N4O4S. The molecule has 1 aliphatic heterocycles. The summed E-state index contributed by atoms with van der Waals surface area (Å²) in [6.45, 7) is 6.50. The van der Waals surface area contributed by atoms with Crippen molar-refractivity contribution < 1.29 is 23.4 Å². The minimum atomic E-state index is -0.820. The molecule has 2 rings (SSSR count). The second-order valence-electron chi connectivity index (χ2n) is 5.00. The van der Waals surface area contributed by atoms with Crippen LogP contribution in [-0.4, -0.2) is 46.1 Å². The standard InChI is InChI=1S/C11H18N4O4S/c1-4-18-10(16)12-9-7-15(13-19-9)14-5-6-20(17)8-11(14,2)3/h7H,4-6,8H2,1-3H3. The SMILES string of the molecule is CCOC(=O)[N-]c1c[n+](N2CC[S+]([O-])CC2(C)C)no1. The Morgan fingerprint density at radius 1 is 1.75 bits per heavy atom. The van der Waals surface area contributed by atoms with Crippen molar-refractivity contribution in [2.45, 2.75) is 26.3 Å². The van der Waals surface area contributed by atoms with Crippen LogP contribution < -0.4 is 9.80 Å². The van der Waals surface area contributed by atoms with Gasteiger partial charge < -0.3 is 19.1 Å². The largest absolute Gasteiger partial charge is 0.616 e. The first kappa shape index (κ1) is 14.9. The van der Waals surface area contributed by atoms with Gasteiger partial charge in [-0.15, -0.1) is 5.01 Å². The summed E-state index contributed by atoms with van der Waals surface area (Å²) in [5.74, 6) is 1.20. The lowest BCUT2D eigenvalue weighted by Crippen LogP contribution is -2.72. The van der Waals surface area contributed by atoms with Gasteiger partial charge in [-0.1, -0.05) is 0 Å². The van der Waals surface area contributed by atoms with E-state index in [4.69, 9.17) is 9.26 Å². The molecule has 1 aliphatic rings. The summed E-state index contributed by atoms with van der Waals surface area (Å²) in [6.07, 6.45) is 0.794. The van der Waals surface area contributed by atoms with E-state index < -0.39 is 17.3 Å². The predicted molar refractivity (Wildman–Crippen MR) is 71.8 cm³/mol. The number of hydrogen-bond donors (Lipinski definition) is 0. The number of amides is 1. The molecule has 0 aromatic carbocycles. The second kappa shape index (κ2) is 5.88. The van der Waals surface area contributed by atoms with Gasteiger partial charge in [0.1, 0.15) is 29.5 Å². The molecule has 1 fully saturated rings. The Morgan fingerprint density at radius 3 is 3.15 bits per heavy atom. The Hall–Kier alpha value is -1.48. The summed E-state index contributed by atoms with van der Waals surface area (Å²) >= 11 is -0.820. The zero-order valence-corrected chi connectivity index (χ0v) is 12.6. The Balaban J connectivity index is 2.06. The fourth-order valence-corrected chi connectivity index (χ4v) is 3.51. The van der Waals surface area contributed by atoms with Crippen molar-refractivity contribution in [3.8, 4) is 0 Å². The molecule has 0 radical (unpaired) electrons. The highest BCUT2D eigenvalue weighted by molar-refractivity contribution is 7.91. The number of aromatic nitrogens is 2. The highest BCUT2D eigenvalue weighted by Crippen LogP contribution is 2.20. The van der Waals surface area contributed by atoms with Crippen molar-refractivity contribution in [1.82, 2.24) is 5.27 Å². The first-order valence-electron chi connectivity index (χ1n) is 6.32. The molecule has 1 unspecified atom stereocenters. The number of ether oxygens (including phenoxy) is 1. The minimum Gasteiger partial charge on any atom is -0.616 e. The second-order valence-corrected chi connectivity index (χ2v) is 6.57. The van der Waals surface area contributed by atoms with Crippen molar-refractivity contribution >= 4 is 23.2 Å². The Labute approximate surface area is 120 Å². The third-order valence-corrected chi connectivity index (χ3v) is 4.57. The maximum absolute atomic E-state index is 11.6. The van der Waals surface area contributed by atoms with Gasteiger partial charge in [-0.25, -0.2) is 0 Å². The normalized spacial score (nSPS) is 21.6. The molecule has 1 amide bonds. The summed E-state index contributed by atoms with van der Waals surface area (Å²) in [5, 5.41) is 9.40. The molecule has 9 heteroatoms. The fraction of sp³-hybridized carbons (Fsp3) is 0.727. The van der Waals surface area contributed by atoms with E-state index in [1.807, 2.05) is 18.9 Å². The molecule has 0 N–H and O–H groups in total. The maximum Gasteiger partial charge on any atom is 0.257 e. The van der Waals surface area contributed by atoms with Crippen molar-refractivity contribution in [1.29, 1.82) is 0 Å². The van der Waals surface area contributed by atoms with Gasteiger partial charge >= 0.3 is 0 Å². The molecule has 2 heterocycles. The van der Waals surface area contributed by atoms with E-state index in [0.717, 1.165) is 0 Å².